The second kappa shape index (κ2) is 11.0. The first-order chi connectivity index (χ1) is 15.2. The fraction of sp³-hybridized carbons (Fsp3) is 0.478. The van der Waals surface area contributed by atoms with Crippen LogP contribution in [0.4, 0.5) is 5.82 Å². The molecule has 9 heteroatoms. The monoisotopic (exact) mass is 475 g/mol. The number of halogens is 1. The van der Waals surface area contributed by atoms with Crippen molar-refractivity contribution in [3.8, 4) is 0 Å². The molecule has 0 bridgehead atoms. The van der Waals surface area contributed by atoms with E-state index in [0.717, 1.165) is 12.2 Å². The van der Waals surface area contributed by atoms with Gasteiger partial charge in [-0.15, -0.1) is 0 Å². The van der Waals surface area contributed by atoms with E-state index in [2.05, 4.69) is 20.2 Å². The molecule has 2 aromatic rings. The summed E-state index contributed by atoms with van der Waals surface area (Å²) in [6.45, 7) is 9.04. The molecule has 0 atom stereocenters. The van der Waals surface area contributed by atoms with Crippen molar-refractivity contribution in [3.05, 3.63) is 47.1 Å². The number of nitrogens with one attached hydrogen (secondary N) is 1. The molecule has 0 radical (unpaired) electrons. The summed E-state index contributed by atoms with van der Waals surface area (Å²) >= 11 is 7.48. The lowest BCUT2D eigenvalue weighted by atomic mass is 9.94. The van der Waals surface area contributed by atoms with Gasteiger partial charge in [-0.05, 0) is 12.0 Å². The van der Waals surface area contributed by atoms with Crippen LogP contribution in [0.5, 0.6) is 0 Å². The van der Waals surface area contributed by atoms with Crippen LogP contribution in [0.1, 0.15) is 26.3 Å². The van der Waals surface area contributed by atoms with Crippen LogP contribution < -0.4 is 10.2 Å². The van der Waals surface area contributed by atoms with E-state index in [1.807, 2.05) is 56.0 Å². The van der Waals surface area contributed by atoms with Crippen LogP contribution in [0.15, 0.2) is 41.6 Å². The van der Waals surface area contributed by atoms with Gasteiger partial charge in [0.05, 0.1) is 5.75 Å². The SMILES string of the molecule is CC(C)(C)C(=O)N1CCN(c2cc(Cl)nc(SCC(=O)NCCc3ccccc3)n2)CC1. The molecule has 0 unspecified atom stereocenters. The fourth-order valence-corrected chi connectivity index (χ4v) is 4.31. The zero-order valence-corrected chi connectivity index (χ0v) is 20.4. The highest BCUT2D eigenvalue weighted by Gasteiger charge is 2.30. The second-order valence-electron chi connectivity index (χ2n) is 8.73. The topological polar surface area (TPSA) is 78.4 Å². The summed E-state index contributed by atoms with van der Waals surface area (Å²) in [4.78, 5) is 37.5. The van der Waals surface area contributed by atoms with Crippen molar-refractivity contribution in [3.63, 3.8) is 0 Å². The normalized spacial score (nSPS) is 14.4. The van der Waals surface area contributed by atoms with E-state index in [9.17, 15) is 9.59 Å². The Balaban J connectivity index is 1.49. The Morgan fingerprint density at radius 1 is 1.09 bits per heavy atom. The maximum atomic E-state index is 12.5. The number of rotatable bonds is 7. The van der Waals surface area contributed by atoms with Gasteiger partial charge in [-0.3, -0.25) is 9.59 Å². The number of carbonyl (C=O) groups is 2. The quantitative estimate of drug-likeness (QED) is 0.376. The predicted octanol–water partition coefficient (Wildman–Crippen LogP) is 3.28. The van der Waals surface area contributed by atoms with Gasteiger partial charge in [0.1, 0.15) is 11.0 Å². The Morgan fingerprint density at radius 3 is 2.44 bits per heavy atom. The van der Waals surface area contributed by atoms with Gasteiger partial charge in [0.25, 0.3) is 0 Å². The summed E-state index contributed by atoms with van der Waals surface area (Å²) in [6, 6.07) is 11.8. The average molecular weight is 476 g/mol. The largest absolute Gasteiger partial charge is 0.355 e. The number of aromatic nitrogens is 2. The first-order valence-corrected chi connectivity index (χ1v) is 12.1. The van der Waals surface area contributed by atoms with Crippen molar-refractivity contribution in [2.75, 3.05) is 43.4 Å². The molecule has 1 aliphatic rings. The van der Waals surface area contributed by atoms with E-state index in [1.165, 1.54) is 17.3 Å². The molecule has 1 aromatic carbocycles. The molecule has 0 aliphatic carbocycles. The van der Waals surface area contributed by atoms with E-state index in [-0.39, 0.29) is 23.0 Å². The molecule has 1 aliphatic heterocycles. The Hall–Kier alpha value is -2.32. The molecule has 1 fully saturated rings. The highest BCUT2D eigenvalue weighted by atomic mass is 35.5. The number of piperazine rings is 1. The Bertz CT molecular complexity index is 928. The highest BCUT2D eigenvalue weighted by molar-refractivity contribution is 7.99. The van der Waals surface area contributed by atoms with Gasteiger partial charge >= 0.3 is 0 Å². The number of amides is 2. The lowest BCUT2D eigenvalue weighted by Gasteiger charge is -2.38. The van der Waals surface area contributed by atoms with Gasteiger partial charge in [-0.1, -0.05) is 74.5 Å². The van der Waals surface area contributed by atoms with Gasteiger partial charge in [0.2, 0.25) is 11.8 Å². The molecule has 1 N–H and O–H groups in total. The van der Waals surface area contributed by atoms with E-state index in [0.29, 0.717) is 43.0 Å². The van der Waals surface area contributed by atoms with Crippen molar-refractivity contribution in [2.24, 2.45) is 5.41 Å². The molecular formula is C23H30ClN5O2S. The van der Waals surface area contributed by atoms with Crippen molar-refractivity contribution in [1.82, 2.24) is 20.2 Å². The number of hydrogen-bond donors (Lipinski definition) is 1. The summed E-state index contributed by atoms with van der Waals surface area (Å²) in [5.41, 5.74) is 0.804. The maximum absolute atomic E-state index is 12.5. The predicted molar refractivity (Wildman–Crippen MR) is 129 cm³/mol. The Kier molecular flexibility index (Phi) is 8.37. The summed E-state index contributed by atoms with van der Waals surface area (Å²) in [5.74, 6) is 1.04. The molecule has 172 valence electrons. The van der Waals surface area contributed by atoms with Gasteiger partial charge in [0, 0.05) is 44.2 Å². The van der Waals surface area contributed by atoms with Crippen molar-refractivity contribution < 1.29 is 9.59 Å². The molecule has 1 saturated heterocycles. The van der Waals surface area contributed by atoms with Crippen LogP contribution in [-0.4, -0.2) is 65.2 Å². The number of benzene rings is 1. The maximum Gasteiger partial charge on any atom is 0.230 e. The third-order valence-electron chi connectivity index (χ3n) is 5.10. The Labute approximate surface area is 198 Å². The molecule has 0 spiro atoms. The first-order valence-electron chi connectivity index (χ1n) is 10.7. The molecule has 7 nitrogen and oxygen atoms in total. The van der Waals surface area contributed by atoms with Crippen LogP contribution in [0.2, 0.25) is 5.15 Å². The van der Waals surface area contributed by atoms with E-state index in [1.54, 1.807) is 6.07 Å². The summed E-state index contributed by atoms with van der Waals surface area (Å²) < 4.78 is 0. The van der Waals surface area contributed by atoms with Crippen molar-refractivity contribution in [2.45, 2.75) is 32.3 Å². The number of hydrogen-bond acceptors (Lipinski definition) is 6. The summed E-state index contributed by atoms with van der Waals surface area (Å²) in [7, 11) is 0. The number of thioether (sulfide) groups is 1. The van der Waals surface area contributed by atoms with E-state index < -0.39 is 0 Å². The molecule has 2 amide bonds. The molecule has 0 saturated carbocycles. The summed E-state index contributed by atoms with van der Waals surface area (Å²) in [5, 5.41) is 3.74. The first kappa shape index (κ1) is 24.3. The van der Waals surface area contributed by atoms with Gasteiger partial charge in [-0.25, -0.2) is 9.97 Å². The van der Waals surface area contributed by atoms with E-state index in [4.69, 9.17) is 11.6 Å². The minimum Gasteiger partial charge on any atom is -0.355 e. The second-order valence-corrected chi connectivity index (χ2v) is 10.1. The van der Waals surface area contributed by atoms with Gasteiger partial charge in [-0.2, -0.15) is 0 Å². The van der Waals surface area contributed by atoms with Crippen LogP contribution in [0.25, 0.3) is 0 Å². The number of anilines is 1. The van der Waals surface area contributed by atoms with Crippen LogP contribution in [0.3, 0.4) is 0 Å². The lowest BCUT2D eigenvalue weighted by molar-refractivity contribution is -0.139. The molecule has 32 heavy (non-hydrogen) atoms. The van der Waals surface area contributed by atoms with Gasteiger partial charge in [0.15, 0.2) is 5.16 Å². The van der Waals surface area contributed by atoms with E-state index >= 15 is 0 Å². The highest BCUT2D eigenvalue weighted by Crippen LogP contribution is 2.24. The molecule has 3 rings (SSSR count). The fourth-order valence-electron chi connectivity index (χ4n) is 3.40. The third kappa shape index (κ3) is 7.10. The zero-order valence-electron chi connectivity index (χ0n) is 18.8. The van der Waals surface area contributed by atoms with Crippen molar-refractivity contribution in [1.29, 1.82) is 0 Å². The minimum atomic E-state index is -0.383. The van der Waals surface area contributed by atoms with Crippen LogP contribution in [0, 0.1) is 5.41 Å². The molecule has 1 aromatic heterocycles. The summed E-state index contributed by atoms with van der Waals surface area (Å²) in [6.07, 6.45) is 0.790. The minimum absolute atomic E-state index is 0.0645. The standard InChI is InChI=1S/C23H30ClN5O2S/c1-23(2,3)21(31)29-13-11-28(12-14-29)19-15-18(24)26-22(27-19)32-16-20(30)25-10-9-17-7-5-4-6-8-17/h4-8,15H,9-14,16H2,1-3H3,(H,25,30). The van der Waals surface area contributed by atoms with Crippen LogP contribution in [-0.2, 0) is 16.0 Å². The average Bonchev–Trinajstić information content (AvgIpc) is 2.77. The van der Waals surface area contributed by atoms with Gasteiger partial charge < -0.3 is 15.1 Å². The lowest BCUT2D eigenvalue weighted by Crippen LogP contribution is -2.51. The molecular weight excluding hydrogens is 446 g/mol. The third-order valence-corrected chi connectivity index (χ3v) is 6.15. The number of carbonyl (C=O) groups excluding carboxylic acids is 2. The molecule has 2 heterocycles. The smallest absolute Gasteiger partial charge is 0.230 e. The van der Waals surface area contributed by atoms with Crippen molar-refractivity contribution >= 4 is 41.0 Å². The number of nitrogens with zero attached hydrogens (tertiary/aromatic N) is 4. The Morgan fingerprint density at radius 2 is 1.78 bits per heavy atom. The zero-order chi connectivity index (χ0) is 23.1. The van der Waals surface area contributed by atoms with Crippen LogP contribution >= 0.6 is 23.4 Å².